The highest BCUT2D eigenvalue weighted by atomic mass is 35.5. The summed E-state index contributed by atoms with van der Waals surface area (Å²) in [5, 5.41) is 14.7. The Balaban J connectivity index is 1.31. The zero-order chi connectivity index (χ0) is 28.8. The number of allylic oxidation sites excluding steroid dienone is 2. The van der Waals surface area contributed by atoms with Gasteiger partial charge in [0.05, 0.1) is 18.7 Å². The molecule has 1 fully saturated rings. The Morgan fingerprint density at radius 1 is 1.24 bits per heavy atom. The number of thiophene rings is 1. The first-order valence-corrected chi connectivity index (χ1v) is 14.6. The molecule has 41 heavy (non-hydrogen) atoms. The molecule has 0 bridgehead atoms. The molecule has 1 spiro atoms. The first-order valence-electron chi connectivity index (χ1n) is 13.3. The van der Waals surface area contributed by atoms with Gasteiger partial charge in [-0.2, -0.15) is 13.2 Å². The molecule has 6 rings (SSSR count). The Kier molecular flexibility index (Phi) is 7.56. The number of hydrogen-bond acceptors (Lipinski definition) is 7. The highest BCUT2D eigenvalue weighted by molar-refractivity contribution is 7.17. The van der Waals surface area contributed by atoms with Crippen LogP contribution < -0.4 is 10.1 Å². The molecular formula is C29H27ClF3N3O4S. The number of halogens is 4. The van der Waals surface area contributed by atoms with Gasteiger partial charge in [0.15, 0.2) is 0 Å². The van der Waals surface area contributed by atoms with Crippen molar-refractivity contribution < 1.29 is 32.5 Å². The van der Waals surface area contributed by atoms with Gasteiger partial charge >= 0.3 is 12.1 Å². The second-order valence-electron chi connectivity index (χ2n) is 10.8. The van der Waals surface area contributed by atoms with Gasteiger partial charge in [-0.15, -0.1) is 11.3 Å². The highest BCUT2D eigenvalue weighted by Crippen LogP contribution is 2.47. The molecule has 1 aromatic carbocycles. The number of hydrogen-bond donors (Lipinski definition) is 2. The van der Waals surface area contributed by atoms with Crippen molar-refractivity contribution in [3.05, 3.63) is 63.8 Å². The maximum absolute atomic E-state index is 14.6. The van der Waals surface area contributed by atoms with Gasteiger partial charge in [0.2, 0.25) is 12.0 Å². The molecule has 0 amide bonds. The van der Waals surface area contributed by atoms with E-state index < -0.39 is 24.3 Å². The molecule has 0 saturated carbocycles. The molecule has 1 saturated heterocycles. The minimum atomic E-state index is -4.74. The number of fused-ring (bicyclic) bond motifs is 1. The maximum Gasteiger partial charge on any atom is 0.429 e. The molecule has 7 nitrogen and oxygen atoms in total. The lowest BCUT2D eigenvalue weighted by Gasteiger charge is -2.31. The third kappa shape index (κ3) is 5.60. The highest BCUT2D eigenvalue weighted by Gasteiger charge is 2.45. The van der Waals surface area contributed by atoms with E-state index in [-0.39, 0.29) is 23.5 Å². The van der Waals surface area contributed by atoms with Crippen LogP contribution in [0.25, 0.3) is 21.4 Å². The average molecular weight is 606 g/mol. The number of nitrogens with one attached hydrogen (secondary N) is 1. The van der Waals surface area contributed by atoms with Crippen molar-refractivity contribution >= 4 is 50.3 Å². The van der Waals surface area contributed by atoms with Crippen LogP contribution in [0.3, 0.4) is 0 Å². The molecule has 216 valence electrons. The Morgan fingerprint density at radius 2 is 2.10 bits per heavy atom. The van der Waals surface area contributed by atoms with E-state index in [1.54, 1.807) is 0 Å². The Morgan fingerprint density at radius 3 is 2.78 bits per heavy atom. The quantitative estimate of drug-likeness (QED) is 0.318. The van der Waals surface area contributed by atoms with Crippen LogP contribution in [0, 0.1) is 5.41 Å². The molecule has 2 aromatic heterocycles. The van der Waals surface area contributed by atoms with Crippen molar-refractivity contribution in [2.45, 2.75) is 50.4 Å². The summed E-state index contributed by atoms with van der Waals surface area (Å²) in [4.78, 5) is 19.9. The van der Waals surface area contributed by atoms with E-state index in [1.165, 1.54) is 35.9 Å². The predicted molar refractivity (Wildman–Crippen MR) is 150 cm³/mol. The fraction of sp³-hybridized carbons (Fsp3) is 0.414. The second kappa shape index (κ2) is 11.0. The van der Waals surface area contributed by atoms with E-state index in [9.17, 15) is 23.1 Å². The van der Waals surface area contributed by atoms with Crippen molar-refractivity contribution in [2.75, 3.05) is 19.8 Å². The third-order valence-corrected chi connectivity index (χ3v) is 9.31. The van der Waals surface area contributed by atoms with Crippen molar-refractivity contribution in [2.24, 2.45) is 5.41 Å². The zero-order valence-electron chi connectivity index (χ0n) is 21.8. The minimum Gasteiger partial charge on any atom is -0.480 e. The number of rotatable bonds is 6. The van der Waals surface area contributed by atoms with Crippen LogP contribution in [-0.4, -0.2) is 53.0 Å². The summed E-state index contributed by atoms with van der Waals surface area (Å²) < 4.78 is 55.3. The maximum atomic E-state index is 14.6. The van der Waals surface area contributed by atoms with E-state index in [1.807, 2.05) is 11.5 Å². The molecule has 3 atom stereocenters. The summed E-state index contributed by atoms with van der Waals surface area (Å²) in [6.07, 6.45) is 1.61. The first kappa shape index (κ1) is 28.1. The Labute approximate surface area is 243 Å². The topological polar surface area (TPSA) is 93.6 Å². The normalized spacial score (nSPS) is 23.9. The van der Waals surface area contributed by atoms with Crippen LogP contribution in [-0.2, 0) is 9.53 Å². The number of carboxylic acid groups (broad SMARTS) is 1. The molecule has 2 aliphatic heterocycles. The van der Waals surface area contributed by atoms with Gasteiger partial charge in [0.1, 0.15) is 17.1 Å². The number of carboxylic acids is 1. The fourth-order valence-corrected chi connectivity index (χ4v) is 7.11. The van der Waals surface area contributed by atoms with Crippen molar-refractivity contribution in [3.8, 4) is 5.88 Å². The van der Waals surface area contributed by atoms with Gasteiger partial charge in [-0.25, -0.2) is 9.97 Å². The van der Waals surface area contributed by atoms with Crippen LogP contribution in [0.15, 0.2) is 42.1 Å². The van der Waals surface area contributed by atoms with E-state index >= 15 is 0 Å². The molecule has 0 radical (unpaired) electrons. The molecule has 12 heteroatoms. The van der Waals surface area contributed by atoms with Crippen LogP contribution in [0.1, 0.15) is 54.9 Å². The zero-order valence-corrected chi connectivity index (χ0v) is 23.4. The standard InChI is InChI=1S/C29H27ClF3N3O4S/c30-18-3-4-19(20(10-18)17-2-1-9-39-12-17)25(29(31,32)33)40-26-24-23(35-15-36-26)21(13-41-24)16-5-7-28(8-6-16)11-22(27(37)38)34-14-28/h2-5,10,13,15,22,25,34H,1,6-9,11-12,14H2,(H,37,38). The number of aliphatic carboxylic acids is 1. The summed E-state index contributed by atoms with van der Waals surface area (Å²) in [7, 11) is 0. The summed E-state index contributed by atoms with van der Waals surface area (Å²) in [5.74, 6) is -0.975. The van der Waals surface area contributed by atoms with Gasteiger partial charge < -0.3 is 19.9 Å². The summed E-state index contributed by atoms with van der Waals surface area (Å²) in [5.41, 5.74) is 3.23. The SMILES string of the molecule is O=C(O)C1CC2(CC=C(c3csc4c(OC(c5ccc(Cl)cc5C5=CCCOC5)C(F)(F)F)ncnc34)CC2)CN1. The first-order chi connectivity index (χ1) is 19.6. The summed E-state index contributed by atoms with van der Waals surface area (Å²) in [6.45, 7) is 1.34. The lowest BCUT2D eigenvalue weighted by atomic mass is 9.72. The molecule has 3 aromatic rings. The number of nitrogens with zero attached hydrogens (tertiary/aromatic N) is 2. The smallest absolute Gasteiger partial charge is 0.429 e. The Bertz CT molecular complexity index is 1560. The summed E-state index contributed by atoms with van der Waals surface area (Å²) >= 11 is 7.43. The lowest BCUT2D eigenvalue weighted by Crippen LogP contribution is -2.30. The predicted octanol–water partition coefficient (Wildman–Crippen LogP) is 6.83. The van der Waals surface area contributed by atoms with Gasteiger partial charge in [-0.05, 0) is 66.4 Å². The second-order valence-corrected chi connectivity index (χ2v) is 12.1. The van der Waals surface area contributed by atoms with Crippen LogP contribution in [0.2, 0.25) is 5.02 Å². The molecule has 3 aliphatic rings. The van der Waals surface area contributed by atoms with E-state index in [0.717, 1.165) is 30.4 Å². The number of carbonyl (C=O) groups is 1. The molecule has 1 aliphatic carbocycles. The number of benzene rings is 1. The van der Waals surface area contributed by atoms with Gasteiger partial charge in [0, 0.05) is 28.1 Å². The lowest BCUT2D eigenvalue weighted by molar-refractivity contribution is -0.198. The molecule has 2 N–H and O–H groups in total. The van der Waals surface area contributed by atoms with E-state index in [4.69, 9.17) is 21.1 Å². The van der Waals surface area contributed by atoms with Crippen LogP contribution in [0.4, 0.5) is 13.2 Å². The molecule has 4 heterocycles. The van der Waals surface area contributed by atoms with Gasteiger partial charge in [0.25, 0.3) is 0 Å². The van der Waals surface area contributed by atoms with Crippen LogP contribution in [0.5, 0.6) is 5.88 Å². The average Bonchev–Trinajstić information content (AvgIpc) is 3.58. The number of ether oxygens (including phenoxy) is 2. The minimum absolute atomic E-state index is 0.0627. The Hall–Kier alpha value is -2.99. The van der Waals surface area contributed by atoms with Crippen molar-refractivity contribution in [3.63, 3.8) is 0 Å². The number of aromatic nitrogens is 2. The third-order valence-electron chi connectivity index (χ3n) is 8.11. The van der Waals surface area contributed by atoms with Crippen LogP contribution >= 0.6 is 22.9 Å². The van der Waals surface area contributed by atoms with Crippen molar-refractivity contribution in [1.29, 1.82) is 0 Å². The number of alkyl halides is 3. The van der Waals surface area contributed by atoms with Gasteiger partial charge in [-0.1, -0.05) is 29.8 Å². The summed E-state index contributed by atoms with van der Waals surface area (Å²) in [6, 6.07) is 3.74. The van der Waals surface area contributed by atoms with E-state index in [0.29, 0.717) is 52.4 Å². The fourth-order valence-electron chi connectivity index (χ4n) is 5.97. The van der Waals surface area contributed by atoms with Gasteiger partial charge in [-0.3, -0.25) is 4.79 Å². The van der Waals surface area contributed by atoms with E-state index in [2.05, 4.69) is 21.4 Å². The molecule has 3 unspecified atom stereocenters. The largest absolute Gasteiger partial charge is 0.480 e. The molecular weight excluding hydrogens is 579 g/mol. The monoisotopic (exact) mass is 605 g/mol. The van der Waals surface area contributed by atoms with Crippen molar-refractivity contribution in [1.82, 2.24) is 15.3 Å².